The number of hydrogen-bond donors (Lipinski definition) is 1. The number of amides is 1. The SMILES string of the molecule is CCC(Sc1nc2c(cc1C#N)CCC2)C(=O)Nc1ccccc1Cl. The van der Waals surface area contributed by atoms with Crippen LogP contribution in [0, 0.1) is 11.3 Å². The molecule has 1 N–H and O–H groups in total. The highest BCUT2D eigenvalue weighted by Gasteiger charge is 2.23. The zero-order chi connectivity index (χ0) is 17.8. The summed E-state index contributed by atoms with van der Waals surface area (Å²) in [6, 6.07) is 11.3. The lowest BCUT2D eigenvalue weighted by atomic mass is 10.2. The van der Waals surface area contributed by atoms with Gasteiger partial charge in [-0.05, 0) is 49.4 Å². The van der Waals surface area contributed by atoms with E-state index in [1.165, 1.54) is 11.8 Å². The van der Waals surface area contributed by atoms with Crippen LogP contribution in [0.1, 0.15) is 36.6 Å². The maximum atomic E-state index is 12.6. The molecule has 1 aromatic heterocycles. The Balaban J connectivity index is 1.79. The Kier molecular flexibility index (Phi) is 5.62. The summed E-state index contributed by atoms with van der Waals surface area (Å²) in [5.74, 6) is -0.133. The first-order valence-corrected chi connectivity index (χ1v) is 9.53. The van der Waals surface area contributed by atoms with Gasteiger partial charge in [0.15, 0.2) is 0 Å². The van der Waals surface area contributed by atoms with Crippen LogP contribution in [0.2, 0.25) is 5.02 Å². The third-order valence-electron chi connectivity index (χ3n) is 4.19. The number of benzene rings is 1. The van der Waals surface area contributed by atoms with E-state index in [2.05, 4.69) is 16.4 Å². The lowest BCUT2D eigenvalue weighted by Gasteiger charge is -2.16. The fourth-order valence-electron chi connectivity index (χ4n) is 2.86. The number of hydrogen-bond acceptors (Lipinski definition) is 4. The Hall–Kier alpha value is -2.03. The molecule has 1 heterocycles. The van der Waals surface area contributed by atoms with Gasteiger partial charge in [0.2, 0.25) is 5.91 Å². The molecule has 0 saturated carbocycles. The van der Waals surface area contributed by atoms with Crippen molar-refractivity contribution < 1.29 is 4.79 Å². The second kappa shape index (κ2) is 7.90. The summed E-state index contributed by atoms with van der Waals surface area (Å²) in [4.78, 5) is 17.3. The van der Waals surface area contributed by atoms with Crippen LogP contribution in [0.25, 0.3) is 0 Å². The van der Waals surface area contributed by atoms with Gasteiger partial charge in [-0.15, -0.1) is 0 Å². The van der Waals surface area contributed by atoms with Gasteiger partial charge >= 0.3 is 0 Å². The second-order valence-corrected chi connectivity index (χ2v) is 7.49. The molecule has 0 saturated heterocycles. The molecular formula is C19H18ClN3OS. The zero-order valence-corrected chi connectivity index (χ0v) is 15.5. The predicted molar refractivity (Wildman–Crippen MR) is 101 cm³/mol. The molecule has 0 fully saturated rings. The number of nitrogens with one attached hydrogen (secondary N) is 1. The van der Waals surface area contributed by atoms with Crippen LogP contribution >= 0.6 is 23.4 Å². The topological polar surface area (TPSA) is 65.8 Å². The number of nitrogens with zero attached hydrogens (tertiary/aromatic N) is 2. The van der Waals surface area contributed by atoms with E-state index in [4.69, 9.17) is 11.6 Å². The molecule has 1 aliphatic carbocycles. The number of nitriles is 1. The highest BCUT2D eigenvalue weighted by atomic mass is 35.5. The van der Waals surface area contributed by atoms with Crippen molar-refractivity contribution in [1.82, 2.24) is 4.98 Å². The number of thioether (sulfide) groups is 1. The van der Waals surface area contributed by atoms with Crippen molar-refractivity contribution in [3.05, 3.63) is 52.2 Å². The zero-order valence-electron chi connectivity index (χ0n) is 13.9. The van der Waals surface area contributed by atoms with E-state index in [0.29, 0.717) is 27.7 Å². The fourth-order valence-corrected chi connectivity index (χ4v) is 4.04. The Morgan fingerprint density at radius 1 is 1.44 bits per heavy atom. The van der Waals surface area contributed by atoms with Crippen molar-refractivity contribution in [3.63, 3.8) is 0 Å². The number of carbonyl (C=O) groups is 1. The fraction of sp³-hybridized carbons (Fsp3) is 0.316. The Morgan fingerprint density at radius 3 is 2.96 bits per heavy atom. The van der Waals surface area contributed by atoms with E-state index < -0.39 is 0 Å². The maximum Gasteiger partial charge on any atom is 0.237 e. The molecule has 3 rings (SSSR count). The van der Waals surface area contributed by atoms with Crippen molar-refractivity contribution >= 4 is 35.0 Å². The van der Waals surface area contributed by atoms with Crippen LogP contribution in [0.3, 0.4) is 0 Å². The lowest BCUT2D eigenvalue weighted by molar-refractivity contribution is -0.115. The summed E-state index contributed by atoms with van der Waals surface area (Å²) in [7, 11) is 0. The molecule has 0 aliphatic heterocycles. The summed E-state index contributed by atoms with van der Waals surface area (Å²) >= 11 is 7.46. The van der Waals surface area contributed by atoms with Crippen molar-refractivity contribution in [2.24, 2.45) is 0 Å². The summed E-state index contributed by atoms with van der Waals surface area (Å²) in [6.45, 7) is 1.95. The van der Waals surface area contributed by atoms with Crippen LogP contribution in [0.4, 0.5) is 5.69 Å². The molecule has 1 unspecified atom stereocenters. The second-order valence-electron chi connectivity index (χ2n) is 5.90. The van der Waals surface area contributed by atoms with E-state index >= 15 is 0 Å². The number of para-hydroxylation sites is 1. The molecule has 1 atom stereocenters. The van der Waals surface area contributed by atoms with Gasteiger partial charge in [-0.1, -0.05) is 42.4 Å². The van der Waals surface area contributed by atoms with E-state index in [9.17, 15) is 10.1 Å². The van der Waals surface area contributed by atoms with Gasteiger partial charge in [-0.3, -0.25) is 4.79 Å². The Morgan fingerprint density at radius 2 is 2.24 bits per heavy atom. The Labute approximate surface area is 156 Å². The molecule has 6 heteroatoms. The van der Waals surface area contributed by atoms with Crippen LogP contribution in [0.5, 0.6) is 0 Å². The minimum atomic E-state index is -0.338. The molecule has 4 nitrogen and oxygen atoms in total. The first kappa shape index (κ1) is 17.8. The van der Waals surface area contributed by atoms with Gasteiger partial charge in [0.1, 0.15) is 11.1 Å². The number of halogens is 1. The predicted octanol–water partition coefficient (Wildman–Crippen LogP) is 4.60. The minimum absolute atomic E-state index is 0.133. The van der Waals surface area contributed by atoms with Gasteiger partial charge in [0, 0.05) is 5.69 Å². The van der Waals surface area contributed by atoms with E-state index in [-0.39, 0.29) is 11.2 Å². The van der Waals surface area contributed by atoms with E-state index in [1.807, 2.05) is 25.1 Å². The van der Waals surface area contributed by atoms with Crippen LogP contribution < -0.4 is 5.32 Å². The summed E-state index contributed by atoms with van der Waals surface area (Å²) < 4.78 is 0. The number of aromatic nitrogens is 1. The number of fused-ring (bicyclic) bond motifs is 1. The van der Waals surface area contributed by atoms with E-state index in [1.54, 1.807) is 12.1 Å². The molecule has 128 valence electrons. The average molecular weight is 372 g/mol. The molecule has 25 heavy (non-hydrogen) atoms. The molecule has 1 aromatic carbocycles. The quantitative estimate of drug-likeness (QED) is 0.779. The number of carbonyl (C=O) groups excluding carboxylic acids is 1. The van der Waals surface area contributed by atoms with Crippen molar-refractivity contribution in [1.29, 1.82) is 5.26 Å². The molecule has 0 spiro atoms. The molecular weight excluding hydrogens is 354 g/mol. The molecule has 1 amide bonds. The smallest absolute Gasteiger partial charge is 0.237 e. The molecule has 2 aromatic rings. The molecule has 0 radical (unpaired) electrons. The number of anilines is 1. The first-order chi connectivity index (χ1) is 12.1. The summed E-state index contributed by atoms with van der Waals surface area (Å²) in [5.41, 5.74) is 3.36. The highest BCUT2D eigenvalue weighted by molar-refractivity contribution is 8.00. The van der Waals surface area contributed by atoms with Crippen molar-refractivity contribution in [2.45, 2.75) is 42.9 Å². The largest absolute Gasteiger partial charge is 0.324 e. The molecule has 1 aliphatic rings. The minimum Gasteiger partial charge on any atom is -0.324 e. The standard InChI is InChI=1S/C19H18ClN3OS/c1-2-17(18(24)22-16-8-4-3-7-14(16)20)25-19-13(11-21)10-12-6-5-9-15(12)23-19/h3-4,7-8,10,17H,2,5-6,9H2,1H3,(H,22,24). The summed E-state index contributed by atoms with van der Waals surface area (Å²) in [5, 5.41) is 13.1. The van der Waals surface area contributed by atoms with E-state index in [0.717, 1.165) is 30.5 Å². The normalized spacial score (nSPS) is 13.8. The first-order valence-electron chi connectivity index (χ1n) is 8.27. The van der Waals surface area contributed by atoms with Crippen LogP contribution in [-0.4, -0.2) is 16.1 Å². The third kappa shape index (κ3) is 3.97. The van der Waals surface area contributed by atoms with Gasteiger partial charge in [0.05, 0.1) is 21.5 Å². The maximum absolute atomic E-state index is 12.6. The van der Waals surface area contributed by atoms with Gasteiger partial charge in [-0.2, -0.15) is 5.26 Å². The Bertz CT molecular complexity index is 847. The lowest BCUT2D eigenvalue weighted by Crippen LogP contribution is -2.25. The average Bonchev–Trinajstić information content (AvgIpc) is 3.07. The number of pyridine rings is 1. The van der Waals surface area contributed by atoms with Gasteiger partial charge < -0.3 is 5.32 Å². The van der Waals surface area contributed by atoms with Crippen molar-refractivity contribution in [3.8, 4) is 6.07 Å². The number of rotatable bonds is 5. The van der Waals surface area contributed by atoms with Crippen LogP contribution in [0.15, 0.2) is 35.4 Å². The van der Waals surface area contributed by atoms with Crippen molar-refractivity contribution in [2.75, 3.05) is 5.32 Å². The van der Waals surface area contributed by atoms with Crippen LogP contribution in [-0.2, 0) is 17.6 Å². The third-order valence-corrected chi connectivity index (χ3v) is 5.88. The summed E-state index contributed by atoms with van der Waals surface area (Å²) in [6.07, 6.45) is 3.62. The van der Waals surface area contributed by atoms with Gasteiger partial charge in [-0.25, -0.2) is 4.98 Å². The monoisotopic (exact) mass is 371 g/mol. The number of aryl methyl sites for hydroxylation is 2. The highest BCUT2D eigenvalue weighted by Crippen LogP contribution is 2.32. The molecule has 0 bridgehead atoms. The van der Waals surface area contributed by atoms with Gasteiger partial charge in [0.25, 0.3) is 0 Å².